The first-order chi connectivity index (χ1) is 11.4. The van der Waals surface area contributed by atoms with Crippen LogP contribution in [0.2, 0.25) is 0 Å². The first-order valence-electron chi connectivity index (χ1n) is 7.29. The minimum Gasteiger partial charge on any atom is -0.337 e. The lowest BCUT2D eigenvalue weighted by molar-refractivity contribution is -0.141. The van der Waals surface area contributed by atoms with E-state index >= 15 is 0 Å². The van der Waals surface area contributed by atoms with Gasteiger partial charge in [0, 0.05) is 50.3 Å². The van der Waals surface area contributed by atoms with E-state index in [9.17, 15) is 18.0 Å². The lowest BCUT2D eigenvalue weighted by atomic mass is 10.2. The molecule has 1 saturated heterocycles. The number of anilines is 1. The lowest BCUT2D eigenvalue weighted by Gasteiger charge is -2.34. The van der Waals surface area contributed by atoms with Crippen LogP contribution in [0.25, 0.3) is 0 Å². The zero-order valence-electron chi connectivity index (χ0n) is 12.6. The molecule has 0 aromatic carbocycles. The van der Waals surface area contributed by atoms with E-state index in [0.29, 0.717) is 31.7 Å². The highest BCUT2D eigenvalue weighted by Gasteiger charge is 2.33. The summed E-state index contributed by atoms with van der Waals surface area (Å²) in [7, 11) is 0. The summed E-state index contributed by atoms with van der Waals surface area (Å²) in [6.45, 7) is 1.53. The number of halogens is 3. The summed E-state index contributed by atoms with van der Waals surface area (Å²) >= 11 is 0. The molecule has 126 valence electrons. The van der Waals surface area contributed by atoms with Crippen LogP contribution in [0.15, 0.2) is 36.8 Å². The Kier molecular flexibility index (Phi) is 4.32. The number of hydrogen-bond acceptors (Lipinski definition) is 5. The molecule has 24 heavy (non-hydrogen) atoms. The number of alkyl halides is 3. The zero-order valence-corrected chi connectivity index (χ0v) is 12.6. The molecule has 0 N–H and O–H groups in total. The quantitative estimate of drug-likeness (QED) is 0.837. The molecular formula is C15H14F3N5O. The summed E-state index contributed by atoms with van der Waals surface area (Å²) in [5.41, 5.74) is -0.434. The molecule has 0 spiro atoms. The second-order valence-electron chi connectivity index (χ2n) is 5.25. The van der Waals surface area contributed by atoms with Crippen molar-refractivity contribution in [2.75, 3.05) is 31.1 Å². The molecule has 2 aromatic heterocycles. The van der Waals surface area contributed by atoms with Gasteiger partial charge in [-0.25, -0.2) is 9.97 Å². The Hall–Kier alpha value is -2.71. The maximum absolute atomic E-state index is 12.7. The predicted molar refractivity (Wildman–Crippen MR) is 79.4 cm³/mol. The second-order valence-corrected chi connectivity index (χ2v) is 5.25. The van der Waals surface area contributed by atoms with Gasteiger partial charge in [-0.2, -0.15) is 13.2 Å². The van der Waals surface area contributed by atoms with Crippen LogP contribution in [0, 0.1) is 0 Å². The maximum Gasteiger partial charge on any atom is 0.433 e. The van der Waals surface area contributed by atoms with Gasteiger partial charge in [0.15, 0.2) is 0 Å². The average molecular weight is 337 g/mol. The van der Waals surface area contributed by atoms with Gasteiger partial charge in [-0.3, -0.25) is 9.78 Å². The van der Waals surface area contributed by atoms with Crippen LogP contribution in [0.1, 0.15) is 16.1 Å². The van der Waals surface area contributed by atoms with Crippen molar-refractivity contribution in [1.29, 1.82) is 0 Å². The SMILES string of the molecule is O=C(c1ccncc1)N1CCN(c2nccc(C(F)(F)F)n2)CC1. The number of pyridine rings is 1. The van der Waals surface area contributed by atoms with Crippen molar-refractivity contribution >= 4 is 11.9 Å². The number of piperazine rings is 1. The molecule has 0 radical (unpaired) electrons. The van der Waals surface area contributed by atoms with Gasteiger partial charge in [-0.05, 0) is 18.2 Å². The van der Waals surface area contributed by atoms with Crippen molar-refractivity contribution in [1.82, 2.24) is 19.9 Å². The molecule has 1 aliphatic heterocycles. The van der Waals surface area contributed by atoms with Crippen LogP contribution >= 0.6 is 0 Å². The van der Waals surface area contributed by atoms with Crippen molar-refractivity contribution < 1.29 is 18.0 Å². The highest BCUT2D eigenvalue weighted by Crippen LogP contribution is 2.28. The normalized spacial score (nSPS) is 15.5. The number of rotatable bonds is 2. The van der Waals surface area contributed by atoms with Crippen LogP contribution in [0.5, 0.6) is 0 Å². The molecule has 2 aromatic rings. The summed E-state index contributed by atoms with van der Waals surface area (Å²) < 4.78 is 38.2. The third-order valence-electron chi connectivity index (χ3n) is 3.71. The minimum absolute atomic E-state index is 0.0286. The topological polar surface area (TPSA) is 62.2 Å². The van der Waals surface area contributed by atoms with Crippen molar-refractivity contribution in [2.45, 2.75) is 6.18 Å². The molecule has 9 heteroatoms. The van der Waals surface area contributed by atoms with Gasteiger partial charge < -0.3 is 9.80 Å². The lowest BCUT2D eigenvalue weighted by Crippen LogP contribution is -2.49. The monoisotopic (exact) mass is 337 g/mol. The highest BCUT2D eigenvalue weighted by atomic mass is 19.4. The Balaban J connectivity index is 1.66. The average Bonchev–Trinajstić information content (AvgIpc) is 2.61. The van der Waals surface area contributed by atoms with Crippen molar-refractivity contribution in [2.24, 2.45) is 0 Å². The maximum atomic E-state index is 12.7. The Morgan fingerprint density at radius 3 is 2.29 bits per heavy atom. The highest BCUT2D eigenvalue weighted by molar-refractivity contribution is 5.94. The summed E-state index contributed by atoms with van der Waals surface area (Å²) in [4.78, 5) is 27.0. The smallest absolute Gasteiger partial charge is 0.337 e. The van der Waals surface area contributed by atoms with Crippen LogP contribution < -0.4 is 4.90 Å². The predicted octanol–water partition coefficient (Wildman–Crippen LogP) is 1.85. The van der Waals surface area contributed by atoms with Crippen LogP contribution in [-0.2, 0) is 6.18 Å². The first kappa shape index (κ1) is 16.2. The summed E-state index contributed by atoms with van der Waals surface area (Å²) in [6, 6.07) is 4.10. The van der Waals surface area contributed by atoms with E-state index in [2.05, 4.69) is 15.0 Å². The van der Waals surface area contributed by atoms with E-state index in [-0.39, 0.29) is 11.9 Å². The summed E-state index contributed by atoms with van der Waals surface area (Å²) in [5.74, 6) is -0.0946. The molecule has 0 saturated carbocycles. The molecule has 0 atom stereocenters. The van der Waals surface area contributed by atoms with E-state index in [0.717, 1.165) is 12.3 Å². The molecule has 1 fully saturated rings. The van der Waals surface area contributed by atoms with Gasteiger partial charge in [0.25, 0.3) is 5.91 Å². The fraction of sp³-hybridized carbons (Fsp3) is 0.333. The van der Waals surface area contributed by atoms with Crippen molar-refractivity contribution in [3.05, 3.63) is 48.0 Å². The summed E-state index contributed by atoms with van der Waals surface area (Å²) in [6.07, 6.45) is -0.323. The second kappa shape index (κ2) is 6.42. The fourth-order valence-corrected chi connectivity index (χ4v) is 2.45. The Morgan fingerprint density at radius 2 is 1.67 bits per heavy atom. The largest absolute Gasteiger partial charge is 0.433 e. The Bertz CT molecular complexity index is 715. The molecule has 1 aliphatic rings. The van der Waals surface area contributed by atoms with Gasteiger partial charge in [-0.15, -0.1) is 0 Å². The van der Waals surface area contributed by atoms with Crippen molar-refractivity contribution in [3.8, 4) is 0 Å². The van der Waals surface area contributed by atoms with E-state index < -0.39 is 11.9 Å². The molecule has 0 aliphatic carbocycles. The summed E-state index contributed by atoms with van der Waals surface area (Å²) in [5, 5.41) is 0. The molecule has 3 rings (SSSR count). The zero-order chi connectivity index (χ0) is 17.2. The fourth-order valence-electron chi connectivity index (χ4n) is 2.45. The number of carbonyl (C=O) groups is 1. The van der Waals surface area contributed by atoms with Gasteiger partial charge >= 0.3 is 6.18 Å². The van der Waals surface area contributed by atoms with E-state index in [4.69, 9.17) is 0 Å². The third-order valence-corrected chi connectivity index (χ3v) is 3.71. The number of nitrogens with zero attached hydrogens (tertiary/aromatic N) is 5. The van der Waals surface area contributed by atoms with Crippen molar-refractivity contribution in [3.63, 3.8) is 0 Å². The van der Waals surface area contributed by atoms with Gasteiger partial charge in [0.1, 0.15) is 5.69 Å². The van der Waals surface area contributed by atoms with E-state index in [1.807, 2.05) is 0 Å². The van der Waals surface area contributed by atoms with Gasteiger partial charge in [-0.1, -0.05) is 0 Å². The number of aromatic nitrogens is 3. The molecule has 6 nitrogen and oxygen atoms in total. The van der Waals surface area contributed by atoms with Crippen LogP contribution in [-0.4, -0.2) is 51.9 Å². The van der Waals surface area contributed by atoms with Gasteiger partial charge in [0.05, 0.1) is 0 Å². The number of carbonyl (C=O) groups excluding carboxylic acids is 1. The molecule has 1 amide bonds. The van der Waals surface area contributed by atoms with Crippen LogP contribution in [0.4, 0.5) is 19.1 Å². The van der Waals surface area contributed by atoms with E-state index in [1.165, 1.54) is 0 Å². The number of amides is 1. The van der Waals surface area contributed by atoms with E-state index in [1.54, 1.807) is 34.3 Å². The Labute approximate surface area is 136 Å². The molecule has 0 unspecified atom stereocenters. The standard InChI is InChI=1S/C15H14F3N5O/c16-15(17,18)12-3-6-20-14(21-12)23-9-7-22(8-10-23)13(24)11-1-4-19-5-2-11/h1-6H,7-10H2. The van der Waals surface area contributed by atoms with Crippen LogP contribution in [0.3, 0.4) is 0 Å². The number of hydrogen-bond donors (Lipinski definition) is 0. The molecular weight excluding hydrogens is 323 g/mol. The first-order valence-corrected chi connectivity index (χ1v) is 7.29. The third kappa shape index (κ3) is 3.44. The minimum atomic E-state index is -4.50. The molecule has 0 bridgehead atoms. The molecule has 3 heterocycles. The Morgan fingerprint density at radius 1 is 1.00 bits per heavy atom. The van der Waals surface area contributed by atoms with Gasteiger partial charge in [0.2, 0.25) is 5.95 Å².